The van der Waals surface area contributed by atoms with Crippen LogP contribution in [0.15, 0.2) is 30.3 Å². The fourth-order valence-electron chi connectivity index (χ4n) is 3.18. The highest BCUT2D eigenvalue weighted by molar-refractivity contribution is 5.86. The molecule has 0 bridgehead atoms. The van der Waals surface area contributed by atoms with Gasteiger partial charge in [-0.3, -0.25) is 9.59 Å². The van der Waals surface area contributed by atoms with Gasteiger partial charge in [-0.15, -0.1) is 0 Å². The standard InChI is InChI=1S/C21H28N4O4/c1-14(2)10-18(25-21(28)29-13-15-6-4-3-5-7-15)20(27)24-17(12-22)11-16-8-9-23-19(16)26/h3-7,14,16-18H,8-11,13H2,1-2H3,(H,23,26)(H,24,27)(H,25,28)/t16-,17?,18?/m0/s1. The Balaban J connectivity index is 1.91. The number of nitrogens with one attached hydrogen (secondary N) is 3. The average molecular weight is 400 g/mol. The molecule has 1 aromatic rings. The SMILES string of the molecule is CC(C)CC(NC(=O)OCc1ccccc1)C(=O)NC(C#N)C[C@@H]1CCNC1=O. The van der Waals surface area contributed by atoms with Crippen molar-refractivity contribution in [3.8, 4) is 6.07 Å². The summed E-state index contributed by atoms with van der Waals surface area (Å²) < 4.78 is 5.20. The molecule has 1 aromatic carbocycles. The van der Waals surface area contributed by atoms with Crippen molar-refractivity contribution in [3.05, 3.63) is 35.9 Å². The number of ether oxygens (including phenoxy) is 1. The van der Waals surface area contributed by atoms with Gasteiger partial charge in [0, 0.05) is 12.5 Å². The molecule has 0 spiro atoms. The Hall–Kier alpha value is -3.08. The smallest absolute Gasteiger partial charge is 0.408 e. The summed E-state index contributed by atoms with van der Waals surface area (Å²) in [5.74, 6) is -0.699. The number of hydrogen-bond acceptors (Lipinski definition) is 5. The molecule has 29 heavy (non-hydrogen) atoms. The van der Waals surface area contributed by atoms with Gasteiger partial charge in [-0.25, -0.2) is 4.79 Å². The van der Waals surface area contributed by atoms with Crippen LogP contribution in [0, 0.1) is 23.2 Å². The summed E-state index contributed by atoms with van der Waals surface area (Å²) in [6.07, 6.45) is 0.597. The molecule has 1 heterocycles. The van der Waals surface area contributed by atoms with Gasteiger partial charge in [0.15, 0.2) is 0 Å². The second kappa shape index (κ2) is 11.1. The number of hydrogen-bond donors (Lipinski definition) is 3. The van der Waals surface area contributed by atoms with E-state index in [9.17, 15) is 19.6 Å². The molecule has 156 valence electrons. The zero-order chi connectivity index (χ0) is 21.2. The first-order chi connectivity index (χ1) is 13.9. The van der Waals surface area contributed by atoms with Crippen LogP contribution in [-0.4, -0.2) is 36.5 Å². The van der Waals surface area contributed by atoms with E-state index in [1.165, 1.54) is 0 Å². The maximum Gasteiger partial charge on any atom is 0.408 e. The maximum absolute atomic E-state index is 12.7. The van der Waals surface area contributed by atoms with Crippen LogP contribution < -0.4 is 16.0 Å². The summed E-state index contributed by atoms with van der Waals surface area (Å²) in [5.41, 5.74) is 0.840. The Labute approximate surface area is 171 Å². The number of rotatable bonds is 9. The van der Waals surface area contributed by atoms with Crippen LogP contribution in [0.5, 0.6) is 0 Å². The van der Waals surface area contributed by atoms with Crippen molar-refractivity contribution in [2.45, 2.75) is 51.8 Å². The summed E-state index contributed by atoms with van der Waals surface area (Å²) in [5, 5.41) is 17.3. The highest BCUT2D eigenvalue weighted by Gasteiger charge is 2.30. The van der Waals surface area contributed by atoms with E-state index in [2.05, 4.69) is 16.0 Å². The lowest BCUT2D eigenvalue weighted by Gasteiger charge is -2.22. The highest BCUT2D eigenvalue weighted by Crippen LogP contribution is 2.16. The van der Waals surface area contributed by atoms with Gasteiger partial charge in [-0.05, 0) is 30.7 Å². The predicted octanol–water partition coefficient (Wildman–Crippen LogP) is 1.86. The molecule has 2 rings (SSSR count). The second-order valence-corrected chi connectivity index (χ2v) is 7.59. The molecule has 0 radical (unpaired) electrons. The third-order valence-electron chi connectivity index (χ3n) is 4.68. The Morgan fingerprint density at radius 2 is 2.00 bits per heavy atom. The summed E-state index contributed by atoms with van der Waals surface area (Å²) in [4.78, 5) is 36.6. The van der Waals surface area contributed by atoms with Gasteiger partial charge in [-0.1, -0.05) is 44.2 Å². The Kier molecular flexibility index (Phi) is 8.46. The number of alkyl carbamates (subject to hydrolysis) is 1. The topological polar surface area (TPSA) is 120 Å². The van der Waals surface area contributed by atoms with Crippen LogP contribution >= 0.6 is 0 Å². The van der Waals surface area contributed by atoms with E-state index >= 15 is 0 Å². The first-order valence-corrected chi connectivity index (χ1v) is 9.84. The minimum atomic E-state index is -0.827. The molecular weight excluding hydrogens is 372 g/mol. The Bertz CT molecular complexity index is 745. The van der Waals surface area contributed by atoms with Crippen molar-refractivity contribution < 1.29 is 19.1 Å². The molecule has 3 amide bonds. The van der Waals surface area contributed by atoms with Gasteiger partial charge in [0.25, 0.3) is 0 Å². The third-order valence-corrected chi connectivity index (χ3v) is 4.68. The zero-order valence-corrected chi connectivity index (χ0v) is 16.8. The summed E-state index contributed by atoms with van der Waals surface area (Å²) in [6, 6.07) is 9.64. The minimum Gasteiger partial charge on any atom is -0.445 e. The van der Waals surface area contributed by atoms with E-state index in [-0.39, 0.29) is 30.8 Å². The Morgan fingerprint density at radius 1 is 1.28 bits per heavy atom. The van der Waals surface area contributed by atoms with Crippen molar-refractivity contribution in [3.63, 3.8) is 0 Å². The quantitative estimate of drug-likeness (QED) is 0.584. The number of nitrogens with zero attached hydrogens (tertiary/aromatic N) is 1. The summed E-state index contributed by atoms with van der Waals surface area (Å²) in [7, 11) is 0. The lowest BCUT2D eigenvalue weighted by molar-refractivity contribution is -0.125. The molecule has 1 saturated heterocycles. The molecule has 8 nitrogen and oxygen atoms in total. The van der Waals surface area contributed by atoms with Crippen molar-refractivity contribution in [2.75, 3.05) is 6.54 Å². The predicted molar refractivity (Wildman–Crippen MR) is 106 cm³/mol. The second-order valence-electron chi connectivity index (χ2n) is 7.59. The van der Waals surface area contributed by atoms with Crippen molar-refractivity contribution >= 4 is 17.9 Å². The molecule has 0 aliphatic carbocycles. The third kappa shape index (κ3) is 7.45. The zero-order valence-electron chi connectivity index (χ0n) is 16.8. The fourth-order valence-corrected chi connectivity index (χ4v) is 3.18. The lowest BCUT2D eigenvalue weighted by Crippen LogP contribution is -2.50. The Morgan fingerprint density at radius 3 is 2.59 bits per heavy atom. The number of carbonyl (C=O) groups excluding carboxylic acids is 3. The molecule has 8 heteroatoms. The normalized spacial score (nSPS) is 17.7. The summed E-state index contributed by atoms with van der Waals surface area (Å²) >= 11 is 0. The van der Waals surface area contributed by atoms with Gasteiger partial charge in [0.1, 0.15) is 18.7 Å². The number of amides is 3. The molecule has 2 unspecified atom stereocenters. The van der Waals surface area contributed by atoms with Crippen LogP contribution in [0.25, 0.3) is 0 Å². The highest BCUT2D eigenvalue weighted by atomic mass is 16.5. The maximum atomic E-state index is 12.7. The first kappa shape index (κ1) is 22.2. The van der Waals surface area contributed by atoms with Crippen molar-refractivity contribution in [1.29, 1.82) is 5.26 Å². The number of nitriles is 1. The van der Waals surface area contributed by atoms with Crippen LogP contribution in [0.3, 0.4) is 0 Å². The van der Waals surface area contributed by atoms with E-state index in [1.807, 2.05) is 50.2 Å². The largest absolute Gasteiger partial charge is 0.445 e. The van der Waals surface area contributed by atoms with Crippen molar-refractivity contribution in [2.24, 2.45) is 11.8 Å². The van der Waals surface area contributed by atoms with Crippen LogP contribution in [0.1, 0.15) is 38.7 Å². The van der Waals surface area contributed by atoms with Crippen LogP contribution in [0.4, 0.5) is 4.79 Å². The van der Waals surface area contributed by atoms with Crippen molar-refractivity contribution in [1.82, 2.24) is 16.0 Å². The lowest BCUT2D eigenvalue weighted by atomic mass is 9.98. The average Bonchev–Trinajstić information content (AvgIpc) is 3.10. The summed E-state index contributed by atoms with van der Waals surface area (Å²) in [6.45, 7) is 4.55. The van der Waals surface area contributed by atoms with E-state index in [0.29, 0.717) is 19.4 Å². The van der Waals surface area contributed by atoms with E-state index < -0.39 is 24.1 Å². The van der Waals surface area contributed by atoms with Gasteiger partial charge < -0.3 is 20.7 Å². The van der Waals surface area contributed by atoms with Gasteiger partial charge in [0.05, 0.1) is 6.07 Å². The molecule has 3 atom stereocenters. The van der Waals surface area contributed by atoms with Crippen LogP contribution in [-0.2, 0) is 20.9 Å². The fraction of sp³-hybridized carbons (Fsp3) is 0.524. The molecule has 1 fully saturated rings. The molecule has 0 aromatic heterocycles. The molecule has 3 N–H and O–H groups in total. The molecule has 1 aliphatic rings. The molecule has 1 aliphatic heterocycles. The van der Waals surface area contributed by atoms with E-state index in [4.69, 9.17) is 4.74 Å². The van der Waals surface area contributed by atoms with E-state index in [1.54, 1.807) is 0 Å². The molecule has 0 saturated carbocycles. The monoisotopic (exact) mass is 400 g/mol. The first-order valence-electron chi connectivity index (χ1n) is 9.84. The minimum absolute atomic E-state index is 0.0964. The van der Waals surface area contributed by atoms with E-state index in [0.717, 1.165) is 5.56 Å². The van der Waals surface area contributed by atoms with Gasteiger partial charge in [-0.2, -0.15) is 5.26 Å². The number of benzene rings is 1. The van der Waals surface area contributed by atoms with Gasteiger partial charge in [0.2, 0.25) is 11.8 Å². The van der Waals surface area contributed by atoms with Gasteiger partial charge >= 0.3 is 6.09 Å². The molecular formula is C21H28N4O4. The number of carbonyl (C=O) groups is 3. The van der Waals surface area contributed by atoms with Crippen LogP contribution in [0.2, 0.25) is 0 Å².